The van der Waals surface area contributed by atoms with Crippen LogP contribution in [0.1, 0.15) is 72.3 Å². The Labute approximate surface area is 152 Å². The van der Waals surface area contributed by atoms with Crippen molar-refractivity contribution in [1.29, 1.82) is 0 Å². The molecule has 2 fully saturated rings. The summed E-state index contributed by atoms with van der Waals surface area (Å²) in [5.74, 6) is 0.518. The van der Waals surface area contributed by atoms with Crippen LogP contribution in [0.25, 0.3) is 0 Å². The number of aliphatic hydroxyl groups is 1. The Kier molecular flexibility index (Phi) is 4.51. The molecule has 0 radical (unpaired) electrons. The second-order valence-corrected chi connectivity index (χ2v) is 9.54. The Morgan fingerprint density at radius 3 is 2.04 bits per heavy atom. The molecule has 1 saturated carbocycles. The molecule has 0 aromatic heterocycles. The van der Waals surface area contributed by atoms with Crippen molar-refractivity contribution in [2.45, 2.75) is 77.7 Å². The fourth-order valence-electron chi connectivity index (χ4n) is 4.41. The summed E-state index contributed by atoms with van der Waals surface area (Å²) in [4.78, 5) is 15.2. The number of hydrogen-bond acceptors (Lipinski definition) is 2. The van der Waals surface area contributed by atoms with Gasteiger partial charge in [-0.25, -0.2) is 0 Å². The van der Waals surface area contributed by atoms with Gasteiger partial charge in [0.25, 0.3) is 0 Å². The van der Waals surface area contributed by atoms with Crippen LogP contribution in [0.5, 0.6) is 0 Å². The van der Waals surface area contributed by atoms with Gasteiger partial charge < -0.3 is 10.0 Å². The van der Waals surface area contributed by atoms with Gasteiger partial charge in [-0.1, -0.05) is 46.8 Å². The molecule has 2 aliphatic rings. The van der Waals surface area contributed by atoms with E-state index in [2.05, 4.69) is 58.9 Å². The van der Waals surface area contributed by atoms with Crippen LogP contribution < -0.4 is 4.90 Å². The topological polar surface area (TPSA) is 40.5 Å². The van der Waals surface area contributed by atoms with Crippen LogP contribution in [-0.4, -0.2) is 23.2 Å². The van der Waals surface area contributed by atoms with Gasteiger partial charge in [0.15, 0.2) is 0 Å². The molecule has 1 aromatic carbocycles. The Morgan fingerprint density at radius 2 is 1.56 bits per heavy atom. The van der Waals surface area contributed by atoms with Gasteiger partial charge in [-0.3, -0.25) is 4.79 Å². The van der Waals surface area contributed by atoms with Gasteiger partial charge in [0.1, 0.15) is 0 Å². The second-order valence-electron chi connectivity index (χ2n) is 9.54. The maximum absolute atomic E-state index is 13.2. The summed E-state index contributed by atoms with van der Waals surface area (Å²) in [6, 6.07) is 8.47. The molecule has 1 N–H and O–H groups in total. The van der Waals surface area contributed by atoms with Crippen LogP contribution in [0.15, 0.2) is 24.3 Å². The Bertz CT molecular complexity index is 631. The summed E-state index contributed by atoms with van der Waals surface area (Å²) in [6.45, 7) is 11.6. The first-order valence-corrected chi connectivity index (χ1v) is 9.72. The lowest BCUT2D eigenvalue weighted by atomic mass is 9.65. The van der Waals surface area contributed by atoms with Crippen LogP contribution in [-0.2, 0) is 10.2 Å². The van der Waals surface area contributed by atoms with E-state index in [0.717, 1.165) is 44.3 Å². The predicted octanol–water partition coefficient (Wildman–Crippen LogP) is 4.67. The summed E-state index contributed by atoms with van der Waals surface area (Å²) >= 11 is 0. The Morgan fingerprint density at radius 1 is 1.00 bits per heavy atom. The van der Waals surface area contributed by atoms with Crippen molar-refractivity contribution in [2.24, 2.45) is 11.3 Å². The maximum Gasteiger partial charge on any atom is 0.233 e. The number of nitrogens with zero attached hydrogens (tertiary/aromatic N) is 1. The van der Waals surface area contributed by atoms with E-state index in [1.807, 2.05) is 4.90 Å². The molecule has 3 heteroatoms. The first-order chi connectivity index (χ1) is 11.6. The van der Waals surface area contributed by atoms with Gasteiger partial charge >= 0.3 is 0 Å². The largest absolute Gasteiger partial charge is 0.390 e. The average molecular weight is 344 g/mol. The van der Waals surface area contributed by atoms with E-state index in [9.17, 15) is 9.90 Å². The molecule has 1 aliphatic heterocycles. The average Bonchev–Trinajstić information content (AvgIpc) is 2.87. The highest BCUT2D eigenvalue weighted by Gasteiger charge is 2.52. The molecule has 1 aliphatic carbocycles. The van der Waals surface area contributed by atoms with E-state index >= 15 is 0 Å². The standard InChI is InChI=1S/C22H33NO2/c1-16(2)22(25)12-10-21(11-13-22)14-15-23(19(21)24)18-8-6-17(7-9-18)20(3,4)5/h6-9,16,25H,10-15H2,1-5H3. The lowest BCUT2D eigenvalue weighted by molar-refractivity contribution is -0.132. The van der Waals surface area contributed by atoms with E-state index in [1.54, 1.807) is 0 Å². The van der Waals surface area contributed by atoms with Crippen molar-refractivity contribution < 1.29 is 9.90 Å². The molecular weight excluding hydrogens is 310 g/mol. The molecular formula is C22H33NO2. The molecule has 3 nitrogen and oxygen atoms in total. The number of anilines is 1. The zero-order valence-corrected chi connectivity index (χ0v) is 16.4. The molecule has 1 amide bonds. The quantitative estimate of drug-likeness (QED) is 0.848. The summed E-state index contributed by atoms with van der Waals surface area (Å²) in [5.41, 5.74) is 1.59. The molecule has 1 spiro atoms. The highest BCUT2D eigenvalue weighted by Crippen LogP contribution is 2.50. The number of rotatable bonds is 2. The minimum absolute atomic E-state index is 0.124. The fourth-order valence-corrected chi connectivity index (χ4v) is 4.41. The molecule has 1 aromatic rings. The zero-order chi connectivity index (χ0) is 18.5. The van der Waals surface area contributed by atoms with Crippen LogP contribution in [0.2, 0.25) is 0 Å². The molecule has 0 bridgehead atoms. The normalized spacial score (nSPS) is 30.5. The van der Waals surface area contributed by atoms with Gasteiger partial charge in [-0.15, -0.1) is 0 Å². The molecule has 25 heavy (non-hydrogen) atoms. The number of hydrogen-bond donors (Lipinski definition) is 1. The monoisotopic (exact) mass is 343 g/mol. The lowest BCUT2D eigenvalue weighted by Crippen LogP contribution is -2.46. The maximum atomic E-state index is 13.2. The van der Waals surface area contributed by atoms with Crippen molar-refractivity contribution in [2.75, 3.05) is 11.4 Å². The van der Waals surface area contributed by atoms with E-state index in [0.29, 0.717) is 0 Å². The van der Waals surface area contributed by atoms with Gasteiger partial charge in [0.05, 0.1) is 11.0 Å². The van der Waals surface area contributed by atoms with Crippen LogP contribution >= 0.6 is 0 Å². The first kappa shape index (κ1) is 18.4. The summed E-state index contributed by atoms with van der Waals surface area (Å²) in [6.07, 6.45) is 4.04. The highest BCUT2D eigenvalue weighted by molar-refractivity contribution is 6.00. The molecule has 3 rings (SSSR count). The predicted molar refractivity (Wildman–Crippen MR) is 103 cm³/mol. The van der Waals surface area contributed by atoms with Crippen molar-refractivity contribution in [1.82, 2.24) is 0 Å². The van der Waals surface area contributed by atoms with E-state index in [4.69, 9.17) is 0 Å². The summed E-state index contributed by atoms with van der Waals surface area (Å²) in [5, 5.41) is 10.7. The molecule has 1 heterocycles. The number of carbonyl (C=O) groups is 1. The molecule has 1 saturated heterocycles. The number of carbonyl (C=O) groups excluding carboxylic acids is 1. The minimum Gasteiger partial charge on any atom is -0.390 e. The third-order valence-electron chi connectivity index (χ3n) is 6.71. The van der Waals surface area contributed by atoms with Crippen LogP contribution in [0.4, 0.5) is 5.69 Å². The summed E-state index contributed by atoms with van der Waals surface area (Å²) < 4.78 is 0. The van der Waals surface area contributed by atoms with Crippen LogP contribution in [0, 0.1) is 11.3 Å². The minimum atomic E-state index is -0.590. The van der Waals surface area contributed by atoms with Gasteiger partial charge in [-0.05, 0) is 61.1 Å². The molecule has 138 valence electrons. The van der Waals surface area contributed by atoms with Gasteiger partial charge in [0, 0.05) is 12.2 Å². The zero-order valence-electron chi connectivity index (χ0n) is 16.4. The SMILES string of the molecule is CC(C)C1(O)CCC2(CCN(c3ccc(C(C)(C)C)cc3)C2=O)CC1. The third-order valence-corrected chi connectivity index (χ3v) is 6.71. The first-order valence-electron chi connectivity index (χ1n) is 9.72. The number of benzene rings is 1. The van der Waals surface area contributed by atoms with E-state index < -0.39 is 5.60 Å². The van der Waals surface area contributed by atoms with Crippen molar-refractivity contribution in [3.63, 3.8) is 0 Å². The second kappa shape index (κ2) is 6.12. The van der Waals surface area contributed by atoms with Crippen LogP contribution in [0.3, 0.4) is 0 Å². The molecule has 0 unspecified atom stereocenters. The Hall–Kier alpha value is -1.35. The van der Waals surface area contributed by atoms with E-state index in [-0.39, 0.29) is 22.7 Å². The Balaban J connectivity index is 1.75. The highest BCUT2D eigenvalue weighted by atomic mass is 16.3. The van der Waals surface area contributed by atoms with Gasteiger partial charge in [0.2, 0.25) is 5.91 Å². The lowest BCUT2D eigenvalue weighted by Gasteiger charge is -2.43. The smallest absolute Gasteiger partial charge is 0.233 e. The molecule has 0 atom stereocenters. The van der Waals surface area contributed by atoms with Crippen molar-refractivity contribution in [3.05, 3.63) is 29.8 Å². The number of amides is 1. The van der Waals surface area contributed by atoms with Gasteiger partial charge in [-0.2, -0.15) is 0 Å². The van der Waals surface area contributed by atoms with Crippen molar-refractivity contribution >= 4 is 11.6 Å². The summed E-state index contributed by atoms with van der Waals surface area (Å²) in [7, 11) is 0. The fraction of sp³-hybridized carbons (Fsp3) is 0.682. The third kappa shape index (κ3) is 3.23. The van der Waals surface area contributed by atoms with E-state index in [1.165, 1.54) is 5.56 Å². The van der Waals surface area contributed by atoms with Crippen molar-refractivity contribution in [3.8, 4) is 0 Å².